The van der Waals surface area contributed by atoms with Crippen molar-refractivity contribution < 1.29 is 13.2 Å². The van der Waals surface area contributed by atoms with Gasteiger partial charge in [-0.25, -0.2) is 13.1 Å². The molecule has 0 saturated carbocycles. The summed E-state index contributed by atoms with van der Waals surface area (Å²) in [6.07, 6.45) is 2.65. The lowest BCUT2D eigenvalue weighted by Gasteiger charge is -2.19. The maximum absolute atomic E-state index is 12.6. The number of anilines is 1. The quantitative estimate of drug-likeness (QED) is 0.873. The summed E-state index contributed by atoms with van der Waals surface area (Å²) in [5.41, 5.74) is 2.01. The van der Waals surface area contributed by atoms with E-state index in [1.807, 2.05) is 24.3 Å². The molecule has 0 radical (unpaired) electrons. The molecule has 0 bridgehead atoms. The van der Waals surface area contributed by atoms with Crippen LogP contribution in [0.4, 0.5) is 5.69 Å². The molecule has 0 spiro atoms. The van der Waals surface area contributed by atoms with Crippen molar-refractivity contribution in [2.45, 2.75) is 24.7 Å². The fraction of sp³-hybridized carbons (Fsp3) is 0.412. The van der Waals surface area contributed by atoms with Gasteiger partial charge >= 0.3 is 0 Å². The number of rotatable bonds is 5. The fourth-order valence-corrected chi connectivity index (χ4v) is 4.08. The number of amides is 1. The van der Waals surface area contributed by atoms with Crippen molar-refractivity contribution in [3.05, 3.63) is 42.2 Å². The second kappa shape index (κ2) is 6.61. The van der Waals surface area contributed by atoms with E-state index in [0.717, 1.165) is 11.3 Å². The van der Waals surface area contributed by atoms with Crippen molar-refractivity contribution >= 4 is 21.6 Å². The van der Waals surface area contributed by atoms with Crippen molar-refractivity contribution in [2.75, 3.05) is 18.0 Å². The van der Waals surface area contributed by atoms with Gasteiger partial charge in [0.1, 0.15) is 4.90 Å². The molecular weight excluding hydrogens is 340 g/mol. The molecule has 1 unspecified atom stereocenters. The standard InChI is InChI=1S/C17H22N4O3S/c1-12(2)15-11-21(16-7-5-4-6-14(15)16)17(22)9-19-25(23,24)13-8-18-20(3)10-13/h4-8,10,12,15,19H,9,11H2,1-3H3. The molecule has 1 N–H and O–H groups in total. The highest BCUT2D eigenvalue weighted by Gasteiger charge is 2.33. The molecule has 1 amide bonds. The van der Waals surface area contributed by atoms with Gasteiger partial charge in [-0.3, -0.25) is 9.48 Å². The molecule has 1 aliphatic rings. The first kappa shape index (κ1) is 17.6. The van der Waals surface area contributed by atoms with Gasteiger partial charge in [0, 0.05) is 31.4 Å². The minimum absolute atomic E-state index is 0.0460. The normalized spacial score (nSPS) is 17.1. The van der Waals surface area contributed by atoms with Crippen LogP contribution < -0.4 is 9.62 Å². The Morgan fingerprint density at radius 2 is 2.08 bits per heavy atom. The number of carbonyl (C=O) groups excluding carboxylic acids is 1. The smallest absolute Gasteiger partial charge is 0.244 e. The van der Waals surface area contributed by atoms with E-state index in [-0.39, 0.29) is 23.3 Å². The minimum Gasteiger partial charge on any atom is -0.310 e. The number of hydrogen-bond donors (Lipinski definition) is 1. The molecule has 1 aromatic carbocycles. The van der Waals surface area contributed by atoms with Crippen LogP contribution in [0, 0.1) is 5.92 Å². The molecule has 1 aliphatic heterocycles. The summed E-state index contributed by atoms with van der Waals surface area (Å²) >= 11 is 0. The third-order valence-corrected chi connectivity index (χ3v) is 5.87. The Kier molecular flexibility index (Phi) is 4.66. The molecule has 2 heterocycles. The van der Waals surface area contributed by atoms with E-state index < -0.39 is 10.0 Å². The second-order valence-corrected chi connectivity index (χ2v) is 8.35. The predicted octanol–water partition coefficient (Wildman–Crippen LogP) is 1.48. The molecule has 8 heteroatoms. The molecular formula is C17H22N4O3S. The van der Waals surface area contributed by atoms with Crippen molar-refractivity contribution in [1.82, 2.24) is 14.5 Å². The van der Waals surface area contributed by atoms with E-state index in [1.165, 1.54) is 17.1 Å². The molecule has 1 atom stereocenters. The Labute approximate surface area is 147 Å². The fourth-order valence-electron chi connectivity index (χ4n) is 3.12. The summed E-state index contributed by atoms with van der Waals surface area (Å²) in [5.74, 6) is 0.393. The van der Waals surface area contributed by atoms with E-state index in [2.05, 4.69) is 23.7 Å². The third-order valence-electron chi connectivity index (χ3n) is 4.52. The van der Waals surface area contributed by atoms with Crippen LogP contribution in [-0.4, -0.2) is 37.2 Å². The van der Waals surface area contributed by atoms with Crippen LogP contribution in [0.5, 0.6) is 0 Å². The van der Waals surface area contributed by atoms with E-state index in [0.29, 0.717) is 12.5 Å². The lowest BCUT2D eigenvalue weighted by molar-refractivity contribution is -0.117. The third kappa shape index (κ3) is 3.45. The van der Waals surface area contributed by atoms with Gasteiger partial charge in [-0.05, 0) is 17.5 Å². The highest BCUT2D eigenvalue weighted by atomic mass is 32.2. The number of hydrogen-bond acceptors (Lipinski definition) is 4. The first-order valence-corrected chi connectivity index (χ1v) is 9.65. The van der Waals surface area contributed by atoms with Crippen LogP contribution in [0.2, 0.25) is 0 Å². The number of aryl methyl sites for hydroxylation is 1. The highest BCUT2D eigenvalue weighted by molar-refractivity contribution is 7.89. The van der Waals surface area contributed by atoms with Crippen molar-refractivity contribution in [1.29, 1.82) is 0 Å². The Bertz CT molecular complexity index is 889. The summed E-state index contributed by atoms with van der Waals surface area (Å²) in [5, 5.41) is 3.85. The van der Waals surface area contributed by atoms with Gasteiger partial charge in [0.05, 0.1) is 12.7 Å². The molecule has 7 nitrogen and oxygen atoms in total. The SMILES string of the molecule is CC(C)C1CN(C(=O)CNS(=O)(=O)c2cnn(C)c2)c2ccccc21. The van der Waals surface area contributed by atoms with Gasteiger partial charge in [0.2, 0.25) is 15.9 Å². The summed E-state index contributed by atoms with van der Waals surface area (Å²) in [4.78, 5) is 14.4. The first-order valence-electron chi connectivity index (χ1n) is 8.17. The van der Waals surface area contributed by atoms with Crippen LogP contribution in [0.3, 0.4) is 0 Å². The number of para-hydroxylation sites is 1. The lowest BCUT2D eigenvalue weighted by Crippen LogP contribution is -2.40. The summed E-state index contributed by atoms with van der Waals surface area (Å²) in [6.45, 7) is 4.54. The molecule has 3 rings (SSSR count). The zero-order chi connectivity index (χ0) is 18.2. The number of fused-ring (bicyclic) bond motifs is 1. The van der Waals surface area contributed by atoms with E-state index in [9.17, 15) is 13.2 Å². The number of aromatic nitrogens is 2. The molecule has 0 aliphatic carbocycles. The van der Waals surface area contributed by atoms with E-state index in [4.69, 9.17) is 0 Å². The minimum atomic E-state index is -3.75. The number of benzene rings is 1. The predicted molar refractivity (Wildman–Crippen MR) is 94.8 cm³/mol. The molecule has 134 valence electrons. The Hall–Kier alpha value is -2.19. The van der Waals surface area contributed by atoms with Crippen LogP contribution in [0.1, 0.15) is 25.3 Å². The Morgan fingerprint density at radius 1 is 1.36 bits per heavy atom. The number of sulfonamides is 1. The average Bonchev–Trinajstić information content (AvgIpc) is 3.17. The van der Waals surface area contributed by atoms with Gasteiger partial charge in [-0.2, -0.15) is 5.10 Å². The number of nitrogens with one attached hydrogen (secondary N) is 1. The summed E-state index contributed by atoms with van der Waals surface area (Å²) in [6, 6.07) is 7.80. The highest BCUT2D eigenvalue weighted by Crippen LogP contribution is 2.39. The second-order valence-electron chi connectivity index (χ2n) is 6.59. The van der Waals surface area contributed by atoms with Gasteiger partial charge < -0.3 is 4.90 Å². The first-order chi connectivity index (χ1) is 11.8. The zero-order valence-corrected chi connectivity index (χ0v) is 15.3. The average molecular weight is 362 g/mol. The molecule has 25 heavy (non-hydrogen) atoms. The van der Waals surface area contributed by atoms with Gasteiger partial charge in [-0.1, -0.05) is 32.0 Å². The van der Waals surface area contributed by atoms with Crippen LogP contribution in [0.15, 0.2) is 41.6 Å². The van der Waals surface area contributed by atoms with Crippen LogP contribution in [0.25, 0.3) is 0 Å². The molecule has 0 fully saturated rings. The van der Waals surface area contributed by atoms with Crippen LogP contribution in [-0.2, 0) is 21.9 Å². The van der Waals surface area contributed by atoms with Gasteiger partial charge in [-0.15, -0.1) is 0 Å². The lowest BCUT2D eigenvalue weighted by atomic mass is 9.90. The topological polar surface area (TPSA) is 84.3 Å². The van der Waals surface area contributed by atoms with Crippen molar-refractivity contribution in [2.24, 2.45) is 13.0 Å². The number of carbonyl (C=O) groups is 1. The summed E-state index contributed by atoms with van der Waals surface area (Å²) < 4.78 is 28.3. The maximum Gasteiger partial charge on any atom is 0.244 e. The van der Waals surface area contributed by atoms with Crippen molar-refractivity contribution in [3.63, 3.8) is 0 Å². The zero-order valence-electron chi connectivity index (χ0n) is 14.5. The Morgan fingerprint density at radius 3 is 2.72 bits per heavy atom. The number of nitrogens with zero attached hydrogens (tertiary/aromatic N) is 3. The maximum atomic E-state index is 12.6. The Balaban J connectivity index is 1.74. The van der Waals surface area contributed by atoms with E-state index in [1.54, 1.807) is 11.9 Å². The van der Waals surface area contributed by atoms with E-state index >= 15 is 0 Å². The van der Waals surface area contributed by atoms with Gasteiger partial charge in [0.25, 0.3) is 0 Å². The van der Waals surface area contributed by atoms with Crippen molar-refractivity contribution in [3.8, 4) is 0 Å². The molecule has 0 saturated heterocycles. The molecule has 1 aromatic heterocycles. The largest absolute Gasteiger partial charge is 0.310 e. The monoisotopic (exact) mass is 362 g/mol. The summed E-state index contributed by atoms with van der Waals surface area (Å²) in [7, 11) is -2.12. The van der Waals surface area contributed by atoms with Gasteiger partial charge in [0.15, 0.2) is 0 Å². The molecule has 2 aromatic rings. The van der Waals surface area contributed by atoms with Crippen LogP contribution >= 0.6 is 0 Å².